The Balaban J connectivity index is 1.66. The number of nitrogens with one attached hydrogen (secondary N) is 2. The minimum Gasteiger partial charge on any atom is -0.494 e. The molecule has 206 valence electrons. The Bertz CT molecular complexity index is 1590. The van der Waals surface area contributed by atoms with Crippen molar-refractivity contribution < 1.29 is 9.53 Å². The van der Waals surface area contributed by atoms with Crippen LogP contribution in [-0.4, -0.2) is 27.7 Å². The molecule has 9 heteroatoms. The van der Waals surface area contributed by atoms with Crippen molar-refractivity contribution in [3.8, 4) is 11.4 Å². The van der Waals surface area contributed by atoms with Gasteiger partial charge < -0.3 is 24.8 Å². The van der Waals surface area contributed by atoms with Crippen molar-refractivity contribution in [3.63, 3.8) is 0 Å². The zero-order valence-corrected chi connectivity index (χ0v) is 24.7. The van der Waals surface area contributed by atoms with E-state index < -0.39 is 0 Å². The van der Waals surface area contributed by atoms with Crippen LogP contribution in [0, 0.1) is 20.8 Å². The normalized spacial score (nSPS) is 16.6. The quantitative estimate of drug-likeness (QED) is 0.232. The first-order chi connectivity index (χ1) is 19.2. The monoisotopic (exact) mass is 573 g/mol. The highest BCUT2D eigenvalue weighted by molar-refractivity contribution is 7.80. The summed E-state index contributed by atoms with van der Waals surface area (Å²) in [5.41, 5.74) is 7.70. The van der Waals surface area contributed by atoms with Gasteiger partial charge in [-0.05, 0) is 86.6 Å². The van der Waals surface area contributed by atoms with E-state index in [0.29, 0.717) is 23.0 Å². The van der Waals surface area contributed by atoms with Gasteiger partial charge in [-0.2, -0.15) is 0 Å². The molecule has 4 aromatic rings. The van der Waals surface area contributed by atoms with E-state index in [1.807, 2.05) is 62.4 Å². The van der Waals surface area contributed by atoms with Crippen LogP contribution in [0.4, 0.5) is 11.4 Å². The highest BCUT2D eigenvalue weighted by Crippen LogP contribution is 2.45. The molecule has 2 aromatic carbocycles. The van der Waals surface area contributed by atoms with E-state index in [4.69, 9.17) is 28.6 Å². The Kier molecular flexibility index (Phi) is 7.83. The average molecular weight is 574 g/mol. The lowest BCUT2D eigenvalue weighted by molar-refractivity contribution is -0.115. The molecule has 3 heterocycles. The fraction of sp³-hybridized carbons (Fsp3) is 0.258. The first kappa shape index (κ1) is 27.7. The second-order valence-corrected chi connectivity index (χ2v) is 10.6. The van der Waals surface area contributed by atoms with E-state index in [1.54, 1.807) is 13.3 Å². The Morgan fingerprint density at radius 3 is 2.62 bits per heavy atom. The second-order valence-electron chi connectivity index (χ2n) is 9.83. The largest absolute Gasteiger partial charge is 0.494 e. The predicted octanol–water partition coefficient (Wildman–Crippen LogP) is 6.99. The van der Waals surface area contributed by atoms with E-state index in [-0.39, 0.29) is 18.0 Å². The summed E-state index contributed by atoms with van der Waals surface area (Å²) in [6, 6.07) is 19.4. The Morgan fingerprint density at radius 2 is 1.93 bits per heavy atom. The smallest absolute Gasteiger partial charge is 0.224 e. The van der Waals surface area contributed by atoms with Crippen LogP contribution < -0.4 is 20.3 Å². The molecule has 1 aliphatic rings. The molecule has 0 saturated carbocycles. The van der Waals surface area contributed by atoms with Gasteiger partial charge in [0.15, 0.2) is 5.11 Å². The van der Waals surface area contributed by atoms with Crippen LogP contribution in [-0.2, 0) is 4.79 Å². The number of carbonyl (C=O) groups is 1. The summed E-state index contributed by atoms with van der Waals surface area (Å²) in [7, 11) is 1.59. The summed E-state index contributed by atoms with van der Waals surface area (Å²) >= 11 is 12.5. The van der Waals surface area contributed by atoms with E-state index in [1.165, 1.54) is 0 Å². The number of hydrogen-bond acceptors (Lipinski definition) is 4. The third-order valence-corrected chi connectivity index (χ3v) is 8.15. The topological polar surface area (TPSA) is 71.4 Å². The fourth-order valence-corrected chi connectivity index (χ4v) is 5.93. The van der Waals surface area contributed by atoms with E-state index in [0.717, 1.165) is 44.6 Å². The SMILES string of the molecule is CCC(=O)Nc1ccc(N2C(=S)N[C@@H](c3ccccn3)[C@@H]2c2cc(C)n(-c3cccc(Cl)c3C)c2C)cc1OC. The van der Waals surface area contributed by atoms with Gasteiger partial charge in [0.25, 0.3) is 0 Å². The van der Waals surface area contributed by atoms with Crippen molar-refractivity contribution in [2.45, 2.75) is 46.2 Å². The number of methoxy groups -OCH3 is 1. The maximum atomic E-state index is 12.1. The molecule has 5 rings (SSSR count). The number of carbonyl (C=O) groups excluding carboxylic acids is 1. The molecule has 0 bridgehead atoms. The van der Waals surface area contributed by atoms with Gasteiger partial charge >= 0.3 is 0 Å². The standard InChI is InChI=1S/C31H32ClN5O2S/c1-6-28(38)34-24-14-13-21(17-27(24)39-5)37-30(29(35-31(37)40)25-11-7-8-15-33-25)22-16-18(2)36(20(22)4)26-12-9-10-23(32)19(26)3/h7-17,29-30H,6H2,1-5H3,(H,34,38)(H,35,40)/t29-,30-/m0/s1. The molecule has 1 aliphatic heterocycles. The predicted molar refractivity (Wildman–Crippen MR) is 165 cm³/mol. The van der Waals surface area contributed by atoms with Crippen LogP contribution in [0.1, 0.15) is 53.6 Å². The van der Waals surface area contributed by atoms with Gasteiger partial charge in [-0.25, -0.2) is 0 Å². The van der Waals surface area contributed by atoms with Crippen LogP contribution in [0.2, 0.25) is 5.02 Å². The number of nitrogens with zero attached hydrogens (tertiary/aromatic N) is 3. The molecule has 1 fully saturated rings. The summed E-state index contributed by atoms with van der Waals surface area (Å²) < 4.78 is 7.92. The molecular weight excluding hydrogens is 542 g/mol. The molecule has 7 nitrogen and oxygen atoms in total. The van der Waals surface area contributed by atoms with Crippen LogP contribution in [0.25, 0.3) is 5.69 Å². The van der Waals surface area contributed by atoms with Crippen LogP contribution >= 0.6 is 23.8 Å². The third-order valence-electron chi connectivity index (χ3n) is 7.43. The lowest BCUT2D eigenvalue weighted by atomic mass is 9.96. The Hall–Kier alpha value is -3.88. The maximum Gasteiger partial charge on any atom is 0.224 e. The van der Waals surface area contributed by atoms with Gasteiger partial charge in [0, 0.05) is 46.5 Å². The first-order valence-corrected chi connectivity index (χ1v) is 14.0. The highest BCUT2D eigenvalue weighted by Gasteiger charge is 2.42. The van der Waals surface area contributed by atoms with Crippen LogP contribution in [0.15, 0.2) is 66.9 Å². The first-order valence-electron chi connectivity index (χ1n) is 13.2. The lowest BCUT2D eigenvalue weighted by Gasteiger charge is -2.29. The zero-order valence-electron chi connectivity index (χ0n) is 23.2. The van der Waals surface area contributed by atoms with Crippen molar-refractivity contribution in [2.24, 2.45) is 0 Å². The number of pyridine rings is 1. The molecule has 2 atom stereocenters. The van der Waals surface area contributed by atoms with Crippen molar-refractivity contribution in [1.29, 1.82) is 0 Å². The molecule has 40 heavy (non-hydrogen) atoms. The molecule has 0 unspecified atom stereocenters. The van der Waals surface area contributed by atoms with Crippen LogP contribution in [0.3, 0.4) is 0 Å². The highest BCUT2D eigenvalue weighted by atomic mass is 35.5. The van der Waals surface area contributed by atoms with E-state index >= 15 is 0 Å². The lowest BCUT2D eigenvalue weighted by Crippen LogP contribution is -2.29. The Labute approximate surface area is 245 Å². The van der Waals surface area contributed by atoms with Crippen molar-refractivity contribution in [2.75, 3.05) is 17.3 Å². The van der Waals surface area contributed by atoms with Gasteiger partial charge in [0.2, 0.25) is 5.91 Å². The third kappa shape index (κ3) is 4.93. The molecule has 2 aromatic heterocycles. The van der Waals surface area contributed by atoms with Crippen molar-refractivity contribution in [3.05, 3.63) is 100 Å². The summed E-state index contributed by atoms with van der Waals surface area (Å²) in [6.07, 6.45) is 2.17. The summed E-state index contributed by atoms with van der Waals surface area (Å²) in [5, 5.41) is 7.75. The van der Waals surface area contributed by atoms with Gasteiger partial charge in [0.1, 0.15) is 5.75 Å². The number of aryl methyl sites for hydroxylation is 1. The number of hydrogen-bond donors (Lipinski definition) is 2. The van der Waals surface area contributed by atoms with Gasteiger partial charge in [-0.1, -0.05) is 30.7 Å². The van der Waals surface area contributed by atoms with E-state index in [9.17, 15) is 4.79 Å². The maximum absolute atomic E-state index is 12.1. The number of rotatable bonds is 7. The number of halogens is 1. The number of amides is 1. The van der Waals surface area contributed by atoms with Crippen LogP contribution in [0.5, 0.6) is 5.75 Å². The zero-order chi connectivity index (χ0) is 28.6. The van der Waals surface area contributed by atoms with Crippen molar-refractivity contribution >= 4 is 46.2 Å². The minimum absolute atomic E-state index is 0.0822. The summed E-state index contributed by atoms with van der Waals surface area (Å²) in [6.45, 7) is 8.08. The molecule has 1 saturated heterocycles. The minimum atomic E-state index is -0.206. The number of thiocarbonyl (C=S) groups is 1. The van der Waals surface area contributed by atoms with E-state index in [2.05, 4.69) is 51.1 Å². The summed E-state index contributed by atoms with van der Waals surface area (Å²) in [5.74, 6) is 0.475. The second kappa shape index (κ2) is 11.3. The van der Waals surface area contributed by atoms with Gasteiger partial charge in [-0.3, -0.25) is 9.78 Å². The number of aromatic nitrogens is 2. The molecule has 2 N–H and O–H groups in total. The van der Waals surface area contributed by atoms with Gasteiger partial charge in [-0.15, -0.1) is 0 Å². The molecule has 1 amide bonds. The molecule has 0 radical (unpaired) electrons. The summed E-state index contributed by atoms with van der Waals surface area (Å²) in [4.78, 5) is 18.9. The number of ether oxygens (including phenoxy) is 1. The molecule has 0 spiro atoms. The average Bonchev–Trinajstić information content (AvgIpc) is 3.45. The molecule has 0 aliphatic carbocycles. The molecular formula is C31H32ClN5O2S. The fourth-order valence-electron chi connectivity index (χ4n) is 5.42. The Morgan fingerprint density at radius 1 is 1.12 bits per heavy atom. The van der Waals surface area contributed by atoms with Crippen molar-refractivity contribution in [1.82, 2.24) is 14.9 Å². The van der Waals surface area contributed by atoms with Gasteiger partial charge in [0.05, 0.1) is 30.6 Å². The number of benzene rings is 2. The number of anilines is 2.